The molecule has 1 amide bonds. The van der Waals surface area contributed by atoms with E-state index in [1.54, 1.807) is 6.07 Å². The van der Waals surface area contributed by atoms with Crippen LogP contribution in [-0.2, 0) is 0 Å². The molecule has 0 radical (unpaired) electrons. The van der Waals surface area contributed by atoms with Crippen molar-refractivity contribution >= 4 is 5.91 Å². The minimum Gasteiger partial charge on any atom is -0.349 e. The molecule has 1 fully saturated rings. The van der Waals surface area contributed by atoms with Crippen LogP contribution in [0.4, 0.5) is 0 Å². The Balaban J connectivity index is 1.80. The summed E-state index contributed by atoms with van der Waals surface area (Å²) in [6, 6.07) is 3.19. The van der Waals surface area contributed by atoms with Crippen LogP contribution in [0.3, 0.4) is 0 Å². The molecule has 5 heteroatoms. The first kappa shape index (κ1) is 14.8. The molecule has 5 nitrogen and oxygen atoms in total. The van der Waals surface area contributed by atoms with Crippen molar-refractivity contribution in [1.29, 1.82) is 0 Å². The average molecular weight is 277 g/mol. The third-order valence-corrected chi connectivity index (χ3v) is 3.79. The van der Waals surface area contributed by atoms with Gasteiger partial charge in [-0.1, -0.05) is 13.3 Å². The van der Waals surface area contributed by atoms with Gasteiger partial charge >= 0.3 is 0 Å². The molecule has 1 aromatic rings. The van der Waals surface area contributed by atoms with Crippen molar-refractivity contribution in [1.82, 2.24) is 15.2 Å². The molecular weight excluding hydrogens is 254 g/mol. The van der Waals surface area contributed by atoms with Crippen LogP contribution in [0.25, 0.3) is 0 Å². The molecule has 1 aliphatic heterocycles. The summed E-state index contributed by atoms with van der Waals surface area (Å²) in [6.45, 7) is 5.44. The fourth-order valence-corrected chi connectivity index (χ4v) is 2.54. The minimum absolute atomic E-state index is 0.150. The normalized spacial score (nSPS) is 17.1. The molecule has 0 aliphatic carbocycles. The van der Waals surface area contributed by atoms with Crippen LogP contribution in [0, 0.1) is 0 Å². The quantitative estimate of drug-likeness (QED) is 0.854. The van der Waals surface area contributed by atoms with Gasteiger partial charge in [-0.3, -0.25) is 9.59 Å². The second-order valence-electron chi connectivity index (χ2n) is 5.38. The topological polar surface area (TPSA) is 65.2 Å². The van der Waals surface area contributed by atoms with E-state index in [4.69, 9.17) is 0 Å². The van der Waals surface area contributed by atoms with Crippen molar-refractivity contribution in [3.8, 4) is 0 Å². The Kier molecular flexibility index (Phi) is 5.35. The van der Waals surface area contributed by atoms with Crippen molar-refractivity contribution in [3.05, 3.63) is 34.2 Å². The van der Waals surface area contributed by atoms with Crippen LogP contribution in [0.1, 0.15) is 43.0 Å². The number of H-pyrrole nitrogens is 1. The maximum Gasteiger partial charge on any atom is 0.251 e. The number of nitrogens with zero attached hydrogens (tertiary/aromatic N) is 1. The Labute approximate surface area is 119 Å². The van der Waals surface area contributed by atoms with E-state index >= 15 is 0 Å². The Bertz CT molecular complexity index is 490. The number of amides is 1. The molecule has 20 heavy (non-hydrogen) atoms. The number of likely N-dealkylation sites (tertiary alicyclic amines) is 1. The van der Waals surface area contributed by atoms with Crippen LogP contribution in [0.15, 0.2) is 23.1 Å². The smallest absolute Gasteiger partial charge is 0.251 e. The molecular formula is C15H23N3O2. The number of pyridine rings is 1. The number of piperidine rings is 1. The first-order valence-electron chi connectivity index (χ1n) is 7.41. The zero-order valence-corrected chi connectivity index (χ0v) is 12.0. The maximum atomic E-state index is 12.0. The van der Waals surface area contributed by atoms with E-state index in [0.717, 1.165) is 32.5 Å². The molecule has 2 rings (SSSR count). The Morgan fingerprint density at radius 3 is 2.85 bits per heavy atom. The lowest BCUT2D eigenvalue weighted by Gasteiger charge is -2.32. The highest BCUT2D eigenvalue weighted by atomic mass is 16.2. The highest BCUT2D eigenvalue weighted by Gasteiger charge is 2.20. The van der Waals surface area contributed by atoms with Crippen LogP contribution < -0.4 is 10.9 Å². The SMILES string of the molecule is CCCCN1CCC(NC(=O)c2cc[nH]c(=O)c2)CC1. The number of nitrogens with one attached hydrogen (secondary N) is 2. The van der Waals surface area contributed by atoms with Gasteiger partial charge in [-0.05, 0) is 31.9 Å². The molecule has 0 bridgehead atoms. The molecule has 2 N–H and O–H groups in total. The highest BCUT2D eigenvalue weighted by molar-refractivity contribution is 5.94. The van der Waals surface area contributed by atoms with Crippen molar-refractivity contribution < 1.29 is 4.79 Å². The molecule has 110 valence electrons. The number of carbonyl (C=O) groups excluding carboxylic acids is 1. The Morgan fingerprint density at radius 1 is 1.45 bits per heavy atom. The van der Waals surface area contributed by atoms with Crippen LogP contribution in [-0.4, -0.2) is 41.5 Å². The predicted octanol–water partition coefficient (Wildman–Crippen LogP) is 1.37. The zero-order valence-electron chi connectivity index (χ0n) is 12.0. The van der Waals surface area contributed by atoms with E-state index in [1.165, 1.54) is 25.1 Å². The number of hydrogen-bond acceptors (Lipinski definition) is 3. The third kappa shape index (κ3) is 4.20. The van der Waals surface area contributed by atoms with Crippen LogP contribution >= 0.6 is 0 Å². The summed E-state index contributed by atoms with van der Waals surface area (Å²) in [7, 11) is 0. The van der Waals surface area contributed by atoms with Crippen LogP contribution in [0.2, 0.25) is 0 Å². The summed E-state index contributed by atoms with van der Waals surface area (Å²) >= 11 is 0. The van der Waals surface area contributed by atoms with Gasteiger partial charge in [0.2, 0.25) is 5.56 Å². The van der Waals surface area contributed by atoms with E-state index < -0.39 is 0 Å². The van der Waals surface area contributed by atoms with Crippen molar-refractivity contribution in [3.63, 3.8) is 0 Å². The lowest BCUT2D eigenvalue weighted by Crippen LogP contribution is -2.44. The van der Waals surface area contributed by atoms with Gasteiger partial charge in [0.05, 0.1) is 0 Å². The van der Waals surface area contributed by atoms with E-state index in [-0.39, 0.29) is 17.5 Å². The molecule has 1 aliphatic rings. The molecule has 1 saturated heterocycles. The fourth-order valence-electron chi connectivity index (χ4n) is 2.54. The number of hydrogen-bond donors (Lipinski definition) is 2. The molecule has 0 saturated carbocycles. The summed E-state index contributed by atoms with van der Waals surface area (Å²) < 4.78 is 0. The molecule has 0 atom stereocenters. The first-order chi connectivity index (χ1) is 9.69. The first-order valence-corrected chi connectivity index (χ1v) is 7.41. The van der Waals surface area contributed by atoms with Gasteiger partial charge in [-0.2, -0.15) is 0 Å². The zero-order chi connectivity index (χ0) is 14.4. The Morgan fingerprint density at radius 2 is 2.20 bits per heavy atom. The van der Waals surface area contributed by atoms with Crippen molar-refractivity contribution in [2.24, 2.45) is 0 Å². The second kappa shape index (κ2) is 7.24. The van der Waals surface area contributed by atoms with E-state index in [2.05, 4.69) is 22.1 Å². The summed E-state index contributed by atoms with van der Waals surface area (Å²) in [5, 5.41) is 3.02. The highest BCUT2D eigenvalue weighted by Crippen LogP contribution is 2.11. The number of aromatic nitrogens is 1. The summed E-state index contributed by atoms with van der Waals surface area (Å²) in [5.41, 5.74) is 0.189. The Hall–Kier alpha value is -1.62. The van der Waals surface area contributed by atoms with Gasteiger partial charge in [0.15, 0.2) is 0 Å². The van der Waals surface area contributed by atoms with E-state index in [0.29, 0.717) is 5.56 Å². The number of aromatic amines is 1. The lowest BCUT2D eigenvalue weighted by molar-refractivity contribution is 0.0910. The molecule has 2 heterocycles. The van der Waals surface area contributed by atoms with Gasteiger partial charge in [0.25, 0.3) is 5.91 Å². The third-order valence-electron chi connectivity index (χ3n) is 3.79. The van der Waals surface area contributed by atoms with Gasteiger partial charge < -0.3 is 15.2 Å². The van der Waals surface area contributed by atoms with E-state index in [1.807, 2.05) is 0 Å². The average Bonchev–Trinajstić information content (AvgIpc) is 2.46. The summed E-state index contributed by atoms with van der Waals surface area (Å²) in [4.78, 5) is 28.2. The van der Waals surface area contributed by atoms with Gasteiger partial charge in [0.1, 0.15) is 0 Å². The monoisotopic (exact) mass is 277 g/mol. The second-order valence-corrected chi connectivity index (χ2v) is 5.38. The number of carbonyl (C=O) groups is 1. The molecule has 0 unspecified atom stereocenters. The van der Waals surface area contributed by atoms with Crippen molar-refractivity contribution in [2.75, 3.05) is 19.6 Å². The minimum atomic E-state index is -0.243. The lowest BCUT2D eigenvalue weighted by atomic mass is 10.0. The van der Waals surface area contributed by atoms with E-state index in [9.17, 15) is 9.59 Å². The van der Waals surface area contributed by atoms with Gasteiger partial charge in [-0.15, -0.1) is 0 Å². The van der Waals surface area contributed by atoms with Gasteiger partial charge in [-0.25, -0.2) is 0 Å². The molecule has 1 aromatic heterocycles. The van der Waals surface area contributed by atoms with Crippen molar-refractivity contribution in [2.45, 2.75) is 38.6 Å². The summed E-state index contributed by atoms with van der Waals surface area (Å²) in [6.07, 6.45) is 5.94. The number of unbranched alkanes of at least 4 members (excludes halogenated alkanes) is 1. The summed E-state index contributed by atoms with van der Waals surface area (Å²) in [5.74, 6) is -0.150. The van der Waals surface area contributed by atoms with Crippen LogP contribution in [0.5, 0.6) is 0 Å². The predicted molar refractivity (Wildman–Crippen MR) is 78.9 cm³/mol. The standard InChI is InChI=1S/C15H23N3O2/c1-2-3-8-18-9-5-13(6-10-18)17-15(20)12-4-7-16-14(19)11-12/h4,7,11,13H,2-3,5-6,8-10H2,1H3,(H,16,19)(H,17,20). The fraction of sp³-hybridized carbons (Fsp3) is 0.600. The number of rotatable bonds is 5. The largest absolute Gasteiger partial charge is 0.349 e. The van der Waals surface area contributed by atoms with Gasteiger partial charge in [0, 0.05) is 37.0 Å². The molecule has 0 spiro atoms. The maximum absolute atomic E-state index is 12.0. The molecule has 0 aromatic carbocycles.